The molecule has 2 heterocycles. The Kier molecular flexibility index (Phi) is 6.42. The average Bonchev–Trinajstić information content (AvgIpc) is 3.00. The van der Waals surface area contributed by atoms with Crippen LogP contribution in [0.5, 0.6) is 11.5 Å². The van der Waals surface area contributed by atoms with E-state index in [1.54, 1.807) is 18.2 Å². The van der Waals surface area contributed by atoms with E-state index in [4.69, 9.17) is 21.1 Å². The van der Waals surface area contributed by atoms with Gasteiger partial charge in [0.2, 0.25) is 11.9 Å². The molecule has 1 amide bonds. The summed E-state index contributed by atoms with van der Waals surface area (Å²) in [6.45, 7) is 1.03. The molecule has 1 aliphatic rings. The Hall–Kier alpha value is -3.37. The summed E-state index contributed by atoms with van der Waals surface area (Å²) >= 11 is 6.27. The van der Waals surface area contributed by atoms with Crippen molar-refractivity contribution in [3.8, 4) is 11.5 Å². The largest absolute Gasteiger partial charge is 0.489 e. The molecule has 0 unspecified atom stereocenters. The van der Waals surface area contributed by atoms with Gasteiger partial charge in [0.25, 0.3) is 10.0 Å². The van der Waals surface area contributed by atoms with Gasteiger partial charge in [-0.1, -0.05) is 11.6 Å². The summed E-state index contributed by atoms with van der Waals surface area (Å²) in [7, 11) is -3.85. The van der Waals surface area contributed by atoms with Gasteiger partial charge in [-0.2, -0.15) is 0 Å². The zero-order valence-electron chi connectivity index (χ0n) is 16.7. The third-order valence-corrected chi connectivity index (χ3v) is 6.09. The van der Waals surface area contributed by atoms with Crippen LogP contribution in [0.25, 0.3) is 0 Å². The van der Waals surface area contributed by atoms with Gasteiger partial charge in [0.1, 0.15) is 0 Å². The van der Waals surface area contributed by atoms with E-state index in [1.807, 2.05) is 0 Å². The molecule has 0 aliphatic carbocycles. The first-order chi connectivity index (χ1) is 15.4. The number of halogens is 1. The second-order valence-electron chi connectivity index (χ2n) is 6.88. The van der Waals surface area contributed by atoms with Gasteiger partial charge in [-0.05, 0) is 48.0 Å². The van der Waals surface area contributed by atoms with Crippen LogP contribution in [0.1, 0.15) is 12.0 Å². The number of carbonyl (C=O) groups excluding carboxylic acids is 1. The molecule has 166 valence electrons. The summed E-state index contributed by atoms with van der Waals surface area (Å²) in [4.78, 5) is 20.2. The fraction of sp³-hybridized carbons (Fsp3) is 0.190. The first-order valence-corrected chi connectivity index (χ1v) is 11.5. The minimum Gasteiger partial charge on any atom is -0.489 e. The molecular formula is C21H19ClN4O5S. The highest BCUT2D eigenvalue weighted by molar-refractivity contribution is 7.92. The summed E-state index contributed by atoms with van der Waals surface area (Å²) < 4.78 is 38.4. The van der Waals surface area contributed by atoms with Crippen LogP contribution < -0.4 is 19.5 Å². The fourth-order valence-electron chi connectivity index (χ4n) is 3.03. The highest BCUT2D eigenvalue weighted by atomic mass is 35.5. The number of fused-ring (bicyclic) bond motifs is 1. The van der Waals surface area contributed by atoms with Crippen LogP contribution in [-0.4, -0.2) is 37.5 Å². The standard InChI is InChI=1S/C21H19ClN4O5S/c22-17-11-14(12-18-20(17)31-10-2-9-30-18)13-19(27)25-15-3-5-16(6-4-15)32(28,29)26-21-23-7-1-8-24-21/h1,3-8,11-12H,2,9-10,13H2,(H,25,27)(H,23,24,26). The van der Waals surface area contributed by atoms with Crippen molar-refractivity contribution in [2.75, 3.05) is 23.3 Å². The van der Waals surface area contributed by atoms with Gasteiger partial charge in [0.05, 0.1) is 29.6 Å². The lowest BCUT2D eigenvalue weighted by atomic mass is 10.1. The van der Waals surface area contributed by atoms with Crippen LogP contribution in [0.4, 0.5) is 11.6 Å². The zero-order valence-corrected chi connectivity index (χ0v) is 18.3. The van der Waals surface area contributed by atoms with Crippen molar-refractivity contribution in [2.45, 2.75) is 17.7 Å². The summed E-state index contributed by atoms with van der Waals surface area (Å²) in [5.41, 5.74) is 1.12. The molecule has 0 radical (unpaired) electrons. The number of hydrogen-bond donors (Lipinski definition) is 2. The molecule has 0 saturated carbocycles. The summed E-state index contributed by atoms with van der Waals surface area (Å²) in [5, 5.41) is 3.12. The minimum atomic E-state index is -3.85. The maximum absolute atomic E-state index is 12.5. The number of rotatable bonds is 6. The van der Waals surface area contributed by atoms with Crippen molar-refractivity contribution in [1.82, 2.24) is 9.97 Å². The molecule has 2 aromatic carbocycles. The van der Waals surface area contributed by atoms with Crippen molar-refractivity contribution in [2.24, 2.45) is 0 Å². The molecule has 1 aromatic heterocycles. The highest BCUT2D eigenvalue weighted by Crippen LogP contribution is 2.38. The first kappa shape index (κ1) is 21.8. The Balaban J connectivity index is 1.41. The maximum Gasteiger partial charge on any atom is 0.264 e. The average molecular weight is 475 g/mol. The van der Waals surface area contributed by atoms with E-state index >= 15 is 0 Å². The number of aromatic nitrogens is 2. The van der Waals surface area contributed by atoms with Gasteiger partial charge in [-0.3, -0.25) is 4.79 Å². The van der Waals surface area contributed by atoms with E-state index in [0.29, 0.717) is 41.0 Å². The number of sulfonamides is 1. The van der Waals surface area contributed by atoms with Crippen LogP contribution in [0.15, 0.2) is 59.8 Å². The van der Waals surface area contributed by atoms with Gasteiger partial charge in [0.15, 0.2) is 11.5 Å². The van der Waals surface area contributed by atoms with Crippen LogP contribution in [0.2, 0.25) is 5.02 Å². The topological polar surface area (TPSA) is 120 Å². The van der Waals surface area contributed by atoms with E-state index < -0.39 is 10.0 Å². The predicted molar refractivity (Wildman–Crippen MR) is 119 cm³/mol. The number of nitrogens with zero attached hydrogens (tertiary/aromatic N) is 2. The van der Waals surface area contributed by atoms with Crippen molar-refractivity contribution < 1.29 is 22.7 Å². The Morgan fingerprint density at radius 3 is 2.53 bits per heavy atom. The monoisotopic (exact) mass is 474 g/mol. The Labute approximate surface area is 189 Å². The lowest BCUT2D eigenvalue weighted by molar-refractivity contribution is -0.115. The molecule has 9 nitrogen and oxygen atoms in total. The van der Waals surface area contributed by atoms with Gasteiger partial charge in [0, 0.05) is 24.5 Å². The lowest BCUT2D eigenvalue weighted by Crippen LogP contribution is -2.16. The minimum absolute atomic E-state index is 0.0117. The maximum atomic E-state index is 12.5. The van der Waals surface area contributed by atoms with Crippen LogP contribution >= 0.6 is 11.6 Å². The highest BCUT2D eigenvalue weighted by Gasteiger charge is 2.18. The summed E-state index contributed by atoms with van der Waals surface area (Å²) in [5.74, 6) is 0.683. The molecule has 0 spiro atoms. The Bertz CT molecular complexity index is 1220. The molecule has 3 aromatic rings. The third kappa shape index (κ3) is 5.27. The molecule has 2 N–H and O–H groups in total. The number of anilines is 2. The molecule has 0 fully saturated rings. The van der Waals surface area contributed by atoms with Crippen LogP contribution in [0, 0.1) is 0 Å². The summed E-state index contributed by atoms with van der Waals surface area (Å²) in [6, 6.07) is 10.7. The van der Waals surface area contributed by atoms with Crippen molar-refractivity contribution in [1.29, 1.82) is 0 Å². The van der Waals surface area contributed by atoms with Gasteiger partial charge >= 0.3 is 0 Å². The number of ether oxygens (including phenoxy) is 2. The molecule has 11 heteroatoms. The third-order valence-electron chi connectivity index (χ3n) is 4.47. The number of benzene rings is 2. The van der Waals surface area contributed by atoms with E-state index in [2.05, 4.69) is 20.0 Å². The number of amides is 1. The van der Waals surface area contributed by atoms with Gasteiger partial charge in [-0.25, -0.2) is 23.1 Å². The lowest BCUT2D eigenvalue weighted by Gasteiger charge is -2.12. The zero-order chi connectivity index (χ0) is 22.6. The number of hydrogen-bond acceptors (Lipinski definition) is 7. The van der Waals surface area contributed by atoms with Crippen molar-refractivity contribution in [3.63, 3.8) is 0 Å². The molecule has 1 aliphatic heterocycles. The second-order valence-corrected chi connectivity index (χ2v) is 8.97. The first-order valence-electron chi connectivity index (χ1n) is 9.68. The van der Waals surface area contributed by atoms with E-state index in [-0.39, 0.29) is 23.2 Å². The van der Waals surface area contributed by atoms with E-state index in [1.165, 1.54) is 36.7 Å². The van der Waals surface area contributed by atoms with Gasteiger partial charge < -0.3 is 14.8 Å². The smallest absolute Gasteiger partial charge is 0.264 e. The summed E-state index contributed by atoms with van der Waals surface area (Å²) in [6.07, 6.45) is 3.67. The quantitative estimate of drug-likeness (QED) is 0.562. The number of carbonyl (C=O) groups is 1. The Morgan fingerprint density at radius 2 is 1.78 bits per heavy atom. The molecule has 4 rings (SSSR count). The molecule has 0 bridgehead atoms. The van der Waals surface area contributed by atoms with Crippen molar-refractivity contribution >= 4 is 39.2 Å². The normalized spacial score (nSPS) is 13.2. The van der Waals surface area contributed by atoms with E-state index in [9.17, 15) is 13.2 Å². The van der Waals surface area contributed by atoms with Gasteiger partial charge in [-0.15, -0.1) is 0 Å². The molecule has 0 saturated heterocycles. The second kappa shape index (κ2) is 9.41. The van der Waals surface area contributed by atoms with Crippen molar-refractivity contribution in [3.05, 3.63) is 65.4 Å². The molecule has 0 atom stereocenters. The predicted octanol–water partition coefficient (Wildman–Crippen LogP) is 3.27. The van der Waals surface area contributed by atoms with Crippen LogP contribution in [0.3, 0.4) is 0 Å². The molecule has 32 heavy (non-hydrogen) atoms. The molecular weight excluding hydrogens is 456 g/mol. The van der Waals surface area contributed by atoms with E-state index in [0.717, 1.165) is 6.42 Å². The number of nitrogens with one attached hydrogen (secondary N) is 2. The Morgan fingerprint density at radius 1 is 1.06 bits per heavy atom. The van der Waals surface area contributed by atoms with Crippen LogP contribution in [-0.2, 0) is 21.2 Å². The SMILES string of the molecule is O=C(Cc1cc(Cl)c2c(c1)OCCCO2)Nc1ccc(S(=O)(=O)Nc2ncccn2)cc1. The fourth-order valence-corrected chi connectivity index (χ4v) is 4.27.